The van der Waals surface area contributed by atoms with Crippen molar-refractivity contribution in [1.82, 2.24) is 14.3 Å². The second-order valence-electron chi connectivity index (χ2n) is 5.04. The van der Waals surface area contributed by atoms with E-state index in [0.717, 1.165) is 5.56 Å². The predicted octanol–water partition coefficient (Wildman–Crippen LogP) is 2.86. The molecule has 0 atom stereocenters. The Morgan fingerprint density at radius 2 is 2.20 bits per heavy atom. The van der Waals surface area contributed by atoms with E-state index in [9.17, 15) is 13.7 Å². The van der Waals surface area contributed by atoms with Crippen LogP contribution in [0, 0.1) is 11.3 Å². The maximum absolute atomic E-state index is 13.0. The zero-order chi connectivity index (χ0) is 17.2. The van der Waals surface area contributed by atoms with Gasteiger partial charge in [0.15, 0.2) is 0 Å². The highest BCUT2D eigenvalue weighted by Gasteiger charge is 2.23. The fourth-order valence-electron chi connectivity index (χ4n) is 2.41. The molecule has 130 valence electrons. The van der Waals surface area contributed by atoms with Crippen molar-refractivity contribution in [1.29, 1.82) is 5.26 Å². The Labute approximate surface area is 156 Å². The van der Waals surface area contributed by atoms with Gasteiger partial charge in [-0.15, -0.1) is 12.4 Å². The van der Waals surface area contributed by atoms with Crippen molar-refractivity contribution in [3.05, 3.63) is 58.7 Å². The van der Waals surface area contributed by atoms with Gasteiger partial charge in [0.1, 0.15) is 11.8 Å². The maximum atomic E-state index is 13.0. The lowest BCUT2D eigenvalue weighted by molar-refractivity contribution is 0.588. The molecule has 0 fully saturated rings. The second-order valence-corrected chi connectivity index (χ2v) is 7.63. The van der Waals surface area contributed by atoms with Crippen LogP contribution in [0.25, 0.3) is 11.3 Å². The third-order valence-electron chi connectivity index (χ3n) is 3.46. The van der Waals surface area contributed by atoms with Gasteiger partial charge in [0.05, 0.1) is 10.6 Å². The molecule has 3 aromatic heterocycles. The summed E-state index contributed by atoms with van der Waals surface area (Å²) in [5.41, 5.74) is 1.91. The summed E-state index contributed by atoms with van der Waals surface area (Å²) in [6.07, 6.45) is 3.09. The smallest absolute Gasteiger partial charge is 0.268 e. The number of halogens is 1. The van der Waals surface area contributed by atoms with Gasteiger partial charge in [-0.2, -0.15) is 16.6 Å². The number of rotatable bonds is 5. The summed E-state index contributed by atoms with van der Waals surface area (Å²) in [6, 6.07) is 8.72. The van der Waals surface area contributed by atoms with Gasteiger partial charge >= 0.3 is 0 Å². The molecule has 0 amide bonds. The molecular formula is C16H15ClN4O2S2. The lowest BCUT2D eigenvalue weighted by Gasteiger charge is -2.10. The minimum absolute atomic E-state index is 0. The van der Waals surface area contributed by atoms with E-state index in [4.69, 9.17) is 0 Å². The first-order valence-electron chi connectivity index (χ1n) is 7.07. The summed E-state index contributed by atoms with van der Waals surface area (Å²) in [7, 11) is -1.95. The molecule has 3 aromatic rings. The fraction of sp³-hybridized carbons (Fsp3) is 0.125. The monoisotopic (exact) mass is 394 g/mol. The molecule has 9 heteroatoms. The highest BCUT2D eigenvalue weighted by Crippen LogP contribution is 2.29. The zero-order valence-electron chi connectivity index (χ0n) is 13.2. The van der Waals surface area contributed by atoms with Crippen molar-refractivity contribution in [2.24, 2.45) is 0 Å². The van der Waals surface area contributed by atoms with Crippen molar-refractivity contribution in [2.75, 3.05) is 7.05 Å². The molecule has 0 bridgehead atoms. The molecule has 0 saturated heterocycles. The quantitative estimate of drug-likeness (QED) is 0.718. The molecule has 0 spiro atoms. The number of thiophene rings is 1. The normalized spacial score (nSPS) is 10.9. The van der Waals surface area contributed by atoms with Crippen LogP contribution in [0.5, 0.6) is 0 Å². The van der Waals surface area contributed by atoms with Crippen LogP contribution in [0.1, 0.15) is 11.3 Å². The molecule has 0 radical (unpaired) electrons. The molecule has 1 N–H and O–H groups in total. The van der Waals surface area contributed by atoms with Crippen LogP contribution < -0.4 is 5.32 Å². The van der Waals surface area contributed by atoms with Crippen molar-refractivity contribution in [2.45, 2.75) is 11.4 Å². The van der Waals surface area contributed by atoms with E-state index in [1.54, 1.807) is 48.3 Å². The first-order chi connectivity index (χ1) is 11.6. The molecule has 0 aromatic carbocycles. The van der Waals surface area contributed by atoms with Crippen molar-refractivity contribution in [3.63, 3.8) is 0 Å². The third kappa shape index (κ3) is 3.60. The van der Waals surface area contributed by atoms with Gasteiger partial charge in [0, 0.05) is 29.9 Å². The molecule has 0 aliphatic rings. The average Bonchev–Trinajstić information content (AvgIpc) is 3.25. The molecule has 0 saturated carbocycles. The highest BCUT2D eigenvalue weighted by molar-refractivity contribution is 7.90. The van der Waals surface area contributed by atoms with E-state index in [1.807, 2.05) is 6.07 Å². The summed E-state index contributed by atoms with van der Waals surface area (Å²) in [4.78, 5) is 4.26. The third-order valence-corrected chi connectivity index (χ3v) is 5.97. The number of pyridine rings is 1. The Morgan fingerprint density at radius 3 is 2.84 bits per heavy atom. The summed E-state index contributed by atoms with van der Waals surface area (Å²) >= 11 is 1.32. The van der Waals surface area contributed by atoms with Crippen LogP contribution in [-0.4, -0.2) is 24.4 Å². The van der Waals surface area contributed by atoms with Crippen molar-refractivity contribution in [3.8, 4) is 17.3 Å². The van der Waals surface area contributed by atoms with Crippen LogP contribution in [0.15, 0.2) is 52.3 Å². The van der Waals surface area contributed by atoms with E-state index in [2.05, 4.69) is 10.3 Å². The van der Waals surface area contributed by atoms with Crippen LogP contribution in [0.3, 0.4) is 0 Å². The molecule has 0 aliphatic heterocycles. The predicted molar refractivity (Wildman–Crippen MR) is 99.3 cm³/mol. The standard InChI is InChI=1S/C16H14N4O2S2.ClH/c1-18-9-12-7-16(14-3-2-5-19-15(14)8-17)20(10-12)24(21,22)13-4-6-23-11-13;/h2-7,10-11,18H,9H2,1H3;1H. The molecule has 3 rings (SSSR count). The highest BCUT2D eigenvalue weighted by atomic mass is 35.5. The summed E-state index contributed by atoms with van der Waals surface area (Å²) < 4.78 is 27.1. The number of aromatic nitrogens is 2. The minimum Gasteiger partial charge on any atom is -0.316 e. The SMILES string of the molecule is CNCc1cc(-c2cccnc2C#N)n(S(=O)(=O)c2ccsc2)c1.Cl. The number of nitrogens with one attached hydrogen (secondary N) is 1. The van der Waals surface area contributed by atoms with Crippen molar-refractivity contribution >= 4 is 33.8 Å². The van der Waals surface area contributed by atoms with E-state index in [-0.39, 0.29) is 23.0 Å². The lowest BCUT2D eigenvalue weighted by atomic mass is 10.1. The van der Waals surface area contributed by atoms with Gasteiger partial charge in [0.2, 0.25) is 0 Å². The molecule has 6 nitrogen and oxygen atoms in total. The number of nitrogens with zero attached hydrogens (tertiary/aromatic N) is 3. The van der Waals surface area contributed by atoms with E-state index in [1.165, 1.54) is 21.5 Å². The zero-order valence-corrected chi connectivity index (χ0v) is 15.7. The Balaban J connectivity index is 0.00000225. The van der Waals surface area contributed by atoms with Gasteiger partial charge in [0.25, 0.3) is 10.0 Å². The summed E-state index contributed by atoms with van der Waals surface area (Å²) in [5.74, 6) is 0. The number of nitriles is 1. The Hall–Kier alpha value is -2.18. The maximum Gasteiger partial charge on any atom is 0.268 e. The van der Waals surface area contributed by atoms with Crippen molar-refractivity contribution < 1.29 is 8.42 Å². The topological polar surface area (TPSA) is 87.8 Å². The fourth-order valence-corrected chi connectivity index (χ4v) is 4.81. The Bertz CT molecular complexity index is 1010. The van der Waals surface area contributed by atoms with Gasteiger partial charge in [-0.1, -0.05) is 0 Å². The van der Waals surface area contributed by atoms with Gasteiger partial charge in [-0.25, -0.2) is 17.4 Å². The van der Waals surface area contributed by atoms with Crippen LogP contribution in [0.2, 0.25) is 0 Å². The Morgan fingerprint density at radius 1 is 1.40 bits per heavy atom. The molecule has 25 heavy (non-hydrogen) atoms. The number of hydrogen-bond donors (Lipinski definition) is 1. The van der Waals surface area contributed by atoms with Crippen LogP contribution >= 0.6 is 23.7 Å². The average molecular weight is 395 g/mol. The molecular weight excluding hydrogens is 380 g/mol. The van der Waals surface area contributed by atoms with Crippen LogP contribution in [0.4, 0.5) is 0 Å². The van der Waals surface area contributed by atoms with Gasteiger partial charge in [-0.3, -0.25) is 0 Å². The van der Waals surface area contributed by atoms with E-state index in [0.29, 0.717) is 17.8 Å². The second kappa shape index (κ2) is 7.80. The molecule has 3 heterocycles. The largest absolute Gasteiger partial charge is 0.316 e. The Kier molecular flexibility index (Phi) is 5.98. The first-order valence-corrected chi connectivity index (χ1v) is 9.45. The van der Waals surface area contributed by atoms with Gasteiger partial charge < -0.3 is 5.32 Å². The van der Waals surface area contributed by atoms with E-state index >= 15 is 0 Å². The summed E-state index contributed by atoms with van der Waals surface area (Å²) in [5, 5.41) is 15.6. The number of hydrogen-bond acceptors (Lipinski definition) is 6. The first kappa shape index (κ1) is 19.1. The summed E-state index contributed by atoms with van der Waals surface area (Å²) in [6.45, 7) is 0.515. The van der Waals surface area contributed by atoms with Gasteiger partial charge in [-0.05, 0) is 42.3 Å². The van der Waals surface area contributed by atoms with E-state index < -0.39 is 10.0 Å². The molecule has 0 unspecified atom stereocenters. The molecule has 0 aliphatic carbocycles. The van der Waals surface area contributed by atoms with Crippen LogP contribution in [-0.2, 0) is 16.6 Å². The lowest BCUT2D eigenvalue weighted by Crippen LogP contribution is -2.13. The minimum atomic E-state index is -3.73.